The van der Waals surface area contributed by atoms with Crippen molar-refractivity contribution in [3.8, 4) is 0 Å². The van der Waals surface area contributed by atoms with E-state index in [0.717, 1.165) is 17.0 Å². The number of anilines is 1. The van der Waals surface area contributed by atoms with Gasteiger partial charge in [0.1, 0.15) is 4.90 Å². The van der Waals surface area contributed by atoms with E-state index in [4.69, 9.17) is 5.11 Å². The number of sulfonamides is 1. The number of halogens is 3. The highest BCUT2D eigenvalue weighted by molar-refractivity contribution is 8.00. The number of carbonyl (C=O) groups excluding carboxylic acids is 1. The van der Waals surface area contributed by atoms with Crippen molar-refractivity contribution in [2.24, 2.45) is 0 Å². The van der Waals surface area contributed by atoms with Crippen LogP contribution in [-0.2, 0) is 19.9 Å². The Balaban J connectivity index is 1.99. The minimum Gasteiger partial charge on any atom is -0.396 e. The van der Waals surface area contributed by atoms with Crippen molar-refractivity contribution in [1.29, 1.82) is 0 Å². The highest BCUT2D eigenvalue weighted by atomic mass is 32.2. The molecule has 0 bridgehead atoms. The van der Waals surface area contributed by atoms with Crippen LogP contribution in [0.3, 0.4) is 0 Å². The van der Waals surface area contributed by atoms with E-state index < -0.39 is 52.8 Å². The second-order valence-electron chi connectivity index (χ2n) is 9.41. The van der Waals surface area contributed by atoms with Gasteiger partial charge in [-0.05, 0) is 68.4 Å². The lowest BCUT2D eigenvalue weighted by molar-refractivity contribution is -0.0435. The summed E-state index contributed by atoms with van der Waals surface area (Å²) in [5.41, 5.74) is -6.19. The molecule has 3 aromatic carbocycles. The maximum atomic E-state index is 13.8. The molecule has 0 aliphatic heterocycles. The summed E-state index contributed by atoms with van der Waals surface area (Å²) >= 11 is 1.42. The predicted octanol–water partition coefficient (Wildman–Crippen LogP) is 4.42. The first-order valence-corrected chi connectivity index (χ1v) is 17.0. The summed E-state index contributed by atoms with van der Waals surface area (Å²) in [5.74, 6) is -1.04. The van der Waals surface area contributed by atoms with E-state index in [1.807, 2.05) is 37.3 Å². The van der Waals surface area contributed by atoms with Gasteiger partial charge in [0.25, 0.3) is 25.8 Å². The molecule has 9 nitrogen and oxygen atoms in total. The molecule has 0 saturated carbocycles. The number of thioether (sulfide) groups is 1. The van der Waals surface area contributed by atoms with E-state index >= 15 is 0 Å². The van der Waals surface area contributed by atoms with E-state index in [-0.39, 0.29) is 17.4 Å². The minimum atomic E-state index is -6.02. The van der Waals surface area contributed by atoms with Crippen LogP contribution < -0.4 is 15.4 Å². The molecule has 0 aliphatic rings. The van der Waals surface area contributed by atoms with Crippen LogP contribution in [-0.4, -0.2) is 64.3 Å². The van der Waals surface area contributed by atoms with Gasteiger partial charge in [0, 0.05) is 28.4 Å². The Hall–Kier alpha value is -3.11. The molecule has 3 aromatic rings. The zero-order valence-electron chi connectivity index (χ0n) is 23.0. The third kappa shape index (κ3) is 9.44. The van der Waals surface area contributed by atoms with Gasteiger partial charge in [0.2, 0.25) is 0 Å². The summed E-state index contributed by atoms with van der Waals surface area (Å²) in [7, 11) is -10.8. The first-order chi connectivity index (χ1) is 20.3. The number of hydrogen-bond acceptors (Lipinski definition) is 9. The van der Waals surface area contributed by atoms with Crippen LogP contribution in [0.15, 0.2) is 93.5 Å². The summed E-state index contributed by atoms with van der Waals surface area (Å²) in [6, 6.07) is 18.2. The Labute approximate surface area is 253 Å². The number of benzene rings is 3. The largest absolute Gasteiger partial charge is 0.501 e. The molecule has 0 unspecified atom stereocenters. The Morgan fingerprint density at radius 3 is 2.16 bits per heavy atom. The number of amides is 1. The van der Waals surface area contributed by atoms with Gasteiger partial charge in [-0.15, -0.1) is 11.8 Å². The maximum Gasteiger partial charge on any atom is 0.501 e. The van der Waals surface area contributed by atoms with Crippen molar-refractivity contribution in [2.75, 3.05) is 25.0 Å². The van der Waals surface area contributed by atoms with E-state index in [2.05, 4.69) is 10.6 Å². The third-order valence-corrected chi connectivity index (χ3v) is 10.3. The zero-order chi connectivity index (χ0) is 31.7. The van der Waals surface area contributed by atoms with Crippen LogP contribution in [0.1, 0.15) is 30.1 Å². The zero-order valence-corrected chi connectivity index (χ0v) is 25.5. The average molecular weight is 660 g/mol. The normalized spacial score (nSPS) is 13.7. The van der Waals surface area contributed by atoms with Crippen molar-refractivity contribution in [3.05, 3.63) is 84.4 Å². The lowest BCUT2D eigenvalue weighted by Gasteiger charge is -2.27. The fraction of sp³-hybridized carbons (Fsp3) is 0.321. The molecule has 3 rings (SSSR count). The number of nitrogens with one attached hydrogen (secondary N) is 3. The maximum absolute atomic E-state index is 13.8. The summed E-state index contributed by atoms with van der Waals surface area (Å²) in [6.07, 6.45) is 0.849. The lowest BCUT2D eigenvalue weighted by atomic mass is 10.1. The summed E-state index contributed by atoms with van der Waals surface area (Å²) in [4.78, 5) is 11.2. The number of aliphatic hydroxyl groups is 1. The van der Waals surface area contributed by atoms with E-state index in [9.17, 15) is 34.8 Å². The molecule has 0 aliphatic carbocycles. The van der Waals surface area contributed by atoms with Crippen LogP contribution >= 0.6 is 11.8 Å². The Morgan fingerprint density at radius 1 is 0.930 bits per heavy atom. The molecule has 2 atom stereocenters. The molecule has 15 heteroatoms. The van der Waals surface area contributed by atoms with Crippen molar-refractivity contribution in [2.45, 2.75) is 51.3 Å². The van der Waals surface area contributed by atoms with Crippen LogP contribution in [0.4, 0.5) is 18.9 Å². The Morgan fingerprint density at radius 2 is 1.56 bits per heavy atom. The van der Waals surface area contributed by atoms with Crippen LogP contribution in [0, 0.1) is 0 Å². The SMILES string of the molecule is C[C@@H](Sc1ccccc1)[C@@H](CCNCCCO)Nc1ccc(S(=O)(=O)NC(=O)c2ccccc2)cc1S(=O)(=O)C(F)(F)F. The number of aliphatic hydroxyl groups excluding tert-OH is 1. The fourth-order valence-electron chi connectivity index (χ4n) is 3.97. The molecular weight excluding hydrogens is 628 g/mol. The predicted molar refractivity (Wildman–Crippen MR) is 159 cm³/mol. The van der Waals surface area contributed by atoms with Gasteiger partial charge in [-0.1, -0.05) is 43.3 Å². The highest BCUT2D eigenvalue weighted by Gasteiger charge is 2.48. The monoisotopic (exact) mass is 659 g/mol. The molecule has 234 valence electrons. The first kappa shape index (κ1) is 34.4. The Kier molecular flexibility index (Phi) is 12.0. The summed E-state index contributed by atoms with van der Waals surface area (Å²) < 4.78 is 94.4. The second-order valence-corrected chi connectivity index (χ2v) is 14.5. The molecule has 0 radical (unpaired) electrons. The smallest absolute Gasteiger partial charge is 0.396 e. The summed E-state index contributed by atoms with van der Waals surface area (Å²) in [6.45, 7) is 2.71. The molecule has 43 heavy (non-hydrogen) atoms. The Bertz CT molecular complexity index is 1570. The standard InChI is InChI=1S/C28H32F3N3O6S3/c1-20(41-22-11-6-3-7-12-22)24(15-17-32-16-8-18-35)33-25-14-13-23(19-26(25)42(37,38)28(29,30)31)43(39,40)34-27(36)21-9-4-2-5-10-21/h2-7,9-14,19-20,24,32-33,35H,8,15-18H2,1H3,(H,34,36)/t20-,24-/m1/s1. The molecule has 4 N–H and O–H groups in total. The van der Waals surface area contributed by atoms with Gasteiger partial charge in [0.05, 0.1) is 10.6 Å². The molecule has 0 heterocycles. The minimum absolute atomic E-state index is 0.0192. The van der Waals surface area contributed by atoms with Crippen LogP contribution in [0.5, 0.6) is 0 Å². The average Bonchev–Trinajstić information content (AvgIpc) is 2.96. The van der Waals surface area contributed by atoms with Gasteiger partial charge < -0.3 is 15.7 Å². The van der Waals surface area contributed by atoms with Gasteiger partial charge in [-0.2, -0.15) is 13.2 Å². The van der Waals surface area contributed by atoms with Gasteiger partial charge in [-0.25, -0.2) is 21.6 Å². The van der Waals surface area contributed by atoms with Gasteiger partial charge >= 0.3 is 5.51 Å². The molecule has 0 spiro atoms. The fourth-order valence-corrected chi connectivity index (χ4v) is 7.11. The highest BCUT2D eigenvalue weighted by Crippen LogP contribution is 2.37. The van der Waals surface area contributed by atoms with Crippen molar-refractivity contribution < 1.29 is 39.9 Å². The number of hydrogen-bond donors (Lipinski definition) is 4. The third-order valence-electron chi connectivity index (χ3n) is 6.24. The second kappa shape index (κ2) is 15.1. The molecule has 1 amide bonds. The van der Waals surface area contributed by atoms with E-state index in [1.165, 1.54) is 36.0 Å². The van der Waals surface area contributed by atoms with E-state index in [1.54, 1.807) is 10.8 Å². The van der Waals surface area contributed by atoms with Crippen LogP contribution in [0.2, 0.25) is 0 Å². The molecule has 0 saturated heterocycles. The van der Waals surface area contributed by atoms with Gasteiger partial charge in [-0.3, -0.25) is 4.79 Å². The molecule has 0 fully saturated rings. The number of carbonyl (C=O) groups is 1. The lowest BCUT2D eigenvalue weighted by Crippen LogP contribution is -2.35. The van der Waals surface area contributed by atoms with Crippen molar-refractivity contribution >= 4 is 43.2 Å². The number of sulfone groups is 1. The first-order valence-electron chi connectivity index (χ1n) is 13.1. The van der Waals surface area contributed by atoms with E-state index in [0.29, 0.717) is 32.0 Å². The topological polar surface area (TPSA) is 142 Å². The number of rotatable bonds is 15. The van der Waals surface area contributed by atoms with Gasteiger partial charge in [0.15, 0.2) is 0 Å². The van der Waals surface area contributed by atoms with Crippen molar-refractivity contribution in [1.82, 2.24) is 10.0 Å². The summed E-state index contributed by atoms with van der Waals surface area (Å²) in [5, 5.41) is 14.8. The van der Waals surface area contributed by atoms with Crippen molar-refractivity contribution in [3.63, 3.8) is 0 Å². The quantitative estimate of drug-likeness (QED) is 0.138. The molecule has 0 aromatic heterocycles. The molecular formula is C28H32F3N3O6S3. The van der Waals surface area contributed by atoms with Crippen LogP contribution in [0.25, 0.3) is 0 Å². The number of alkyl halides is 3.